The third-order valence-corrected chi connectivity index (χ3v) is 5.20. The molecule has 170 valence electrons. The molecule has 0 saturated carbocycles. The third-order valence-electron chi connectivity index (χ3n) is 4.65. The molecular formula is C21H23F2N5O3S. The molecule has 0 spiro atoms. The highest BCUT2D eigenvalue weighted by molar-refractivity contribution is 7.98. The van der Waals surface area contributed by atoms with Crippen molar-refractivity contribution in [2.45, 2.75) is 44.1 Å². The van der Waals surface area contributed by atoms with Crippen molar-refractivity contribution in [3.8, 4) is 11.7 Å². The van der Waals surface area contributed by atoms with E-state index >= 15 is 0 Å². The van der Waals surface area contributed by atoms with E-state index in [1.165, 1.54) is 27.3 Å². The van der Waals surface area contributed by atoms with Gasteiger partial charge in [-0.15, -0.1) is 0 Å². The summed E-state index contributed by atoms with van der Waals surface area (Å²) in [6.07, 6.45) is -1.68. The predicted octanol–water partition coefficient (Wildman–Crippen LogP) is 4.47. The molecule has 1 aliphatic heterocycles. The quantitative estimate of drug-likeness (QED) is 0.408. The average Bonchev–Trinajstić information content (AvgIpc) is 3.08. The molecule has 0 N–H and O–H groups in total. The number of carbonyl (C=O) groups excluding carboxylic acids is 1. The van der Waals surface area contributed by atoms with Crippen molar-refractivity contribution in [1.29, 1.82) is 0 Å². The van der Waals surface area contributed by atoms with E-state index < -0.39 is 23.9 Å². The summed E-state index contributed by atoms with van der Waals surface area (Å²) in [7, 11) is 0. The molecule has 1 saturated heterocycles. The SMILES string of the molecule is CSc1nc(OC2CN(C(=O)OC(C)(C)C)C2)cc(-n2c(C(F)F)nc3ccccc32)n1. The first-order valence-electron chi connectivity index (χ1n) is 9.98. The highest BCUT2D eigenvalue weighted by Crippen LogP contribution is 2.30. The van der Waals surface area contributed by atoms with Crippen molar-refractivity contribution in [3.63, 3.8) is 0 Å². The van der Waals surface area contributed by atoms with Crippen molar-refractivity contribution in [3.05, 3.63) is 36.2 Å². The Labute approximate surface area is 187 Å². The highest BCUT2D eigenvalue weighted by atomic mass is 32.2. The number of carbonyl (C=O) groups is 1. The number of para-hydroxylation sites is 2. The fourth-order valence-electron chi connectivity index (χ4n) is 3.25. The van der Waals surface area contributed by atoms with Gasteiger partial charge in [0.1, 0.15) is 17.5 Å². The molecule has 4 rings (SSSR count). The Kier molecular flexibility index (Phi) is 5.93. The summed E-state index contributed by atoms with van der Waals surface area (Å²) >= 11 is 1.27. The number of ether oxygens (including phenoxy) is 2. The van der Waals surface area contributed by atoms with Gasteiger partial charge in [-0.05, 0) is 39.2 Å². The number of nitrogens with zero attached hydrogens (tertiary/aromatic N) is 5. The van der Waals surface area contributed by atoms with Crippen LogP contribution in [0.25, 0.3) is 16.9 Å². The fourth-order valence-corrected chi connectivity index (χ4v) is 3.62. The zero-order valence-electron chi connectivity index (χ0n) is 18.1. The van der Waals surface area contributed by atoms with Crippen LogP contribution in [0.15, 0.2) is 35.5 Å². The number of amides is 1. The van der Waals surface area contributed by atoms with Crippen molar-refractivity contribution in [2.75, 3.05) is 19.3 Å². The lowest BCUT2D eigenvalue weighted by Gasteiger charge is -2.39. The van der Waals surface area contributed by atoms with E-state index in [2.05, 4.69) is 15.0 Å². The molecule has 1 amide bonds. The number of benzene rings is 1. The Hall–Kier alpha value is -2.95. The zero-order chi connectivity index (χ0) is 23.0. The average molecular weight is 464 g/mol. The minimum absolute atomic E-state index is 0.242. The van der Waals surface area contributed by atoms with Gasteiger partial charge < -0.3 is 14.4 Å². The van der Waals surface area contributed by atoms with Crippen LogP contribution in [-0.2, 0) is 4.74 Å². The van der Waals surface area contributed by atoms with Gasteiger partial charge in [-0.25, -0.2) is 23.5 Å². The maximum absolute atomic E-state index is 13.7. The van der Waals surface area contributed by atoms with Gasteiger partial charge in [0.2, 0.25) is 5.88 Å². The molecule has 0 unspecified atom stereocenters. The maximum Gasteiger partial charge on any atom is 0.410 e. The lowest BCUT2D eigenvalue weighted by molar-refractivity contribution is -0.0234. The van der Waals surface area contributed by atoms with Gasteiger partial charge in [-0.1, -0.05) is 23.9 Å². The van der Waals surface area contributed by atoms with E-state index in [4.69, 9.17) is 9.47 Å². The normalized spacial score (nSPS) is 14.7. The van der Waals surface area contributed by atoms with Crippen LogP contribution in [0, 0.1) is 0 Å². The van der Waals surface area contributed by atoms with E-state index in [9.17, 15) is 13.6 Å². The summed E-state index contributed by atoms with van der Waals surface area (Å²) in [4.78, 5) is 26.5. The van der Waals surface area contributed by atoms with Gasteiger partial charge in [0.15, 0.2) is 11.0 Å². The van der Waals surface area contributed by atoms with Crippen LogP contribution in [0.2, 0.25) is 0 Å². The second kappa shape index (κ2) is 8.53. The molecule has 1 aromatic carbocycles. The van der Waals surface area contributed by atoms with E-state index in [1.807, 2.05) is 0 Å². The number of likely N-dealkylation sites (tertiary alicyclic amines) is 1. The second-order valence-corrected chi connectivity index (χ2v) is 9.04. The molecule has 0 aliphatic carbocycles. The zero-order valence-corrected chi connectivity index (χ0v) is 18.9. The van der Waals surface area contributed by atoms with Gasteiger partial charge in [0.25, 0.3) is 6.43 Å². The van der Waals surface area contributed by atoms with Crippen LogP contribution >= 0.6 is 11.8 Å². The number of hydrogen-bond acceptors (Lipinski definition) is 7. The van der Waals surface area contributed by atoms with E-state index in [1.54, 1.807) is 51.3 Å². The first-order chi connectivity index (χ1) is 15.1. The van der Waals surface area contributed by atoms with Crippen molar-refractivity contribution in [2.24, 2.45) is 0 Å². The number of thioether (sulfide) groups is 1. The number of aromatic nitrogens is 4. The van der Waals surface area contributed by atoms with Gasteiger partial charge >= 0.3 is 6.09 Å². The Morgan fingerprint density at radius 3 is 2.56 bits per heavy atom. The van der Waals surface area contributed by atoms with Crippen molar-refractivity contribution in [1.82, 2.24) is 24.4 Å². The summed E-state index contributed by atoms with van der Waals surface area (Å²) < 4.78 is 40.0. The molecule has 0 atom stereocenters. The molecule has 32 heavy (non-hydrogen) atoms. The maximum atomic E-state index is 13.7. The minimum Gasteiger partial charge on any atom is -0.470 e. The van der Waals surface area contributed by atoms with E-state index in [-0.39, 0.29) is 17.8 Å². The molecule has 1 fully saturated rings. The Morgan fingerprint density at radius 2 is 1.91 bits per heavy atom. The van der Waals surface area contributed by atoms with Gasteiger partial charge in [-0.2, -0.15) is 4.98 Å². The Morgan fingerprint density at radius 1 is 1.19 bits per heavy atom. The summed E-state index contributed by atoms with van der Waals surface area (Å²) in [6, 6.07) is 8.38. The summed E-state index contributed by atoms with van der Waals surface area (Å²) in [5, 5.41) is 0.374. The van der Waals surface area contributed by atoms with Crippen LogP contribution < -0.4 is 4.74 Å². The lowest BCUT2D eigenvalue weighted by Crippen LogP contribution is -2.57. The smallest absolute Gasteiger partial charge is 0.410 e. The molecule has 3 aromatic rings. The topological polar surface area (TPSA) is 82.4 Å². The lowest BCUT2D eigenvalue weighted by atomic mass is 10.2. The van der Waals surface area contributed by atoms with Gasteiger partial charge in [0.05, 0.1) is 24.1 Å². The van der Waals surface area contributed by atoms with Crippen LogP contribution in [0.5, 0.6) is 5.88 Å². The largest absolute Gasteiger partial charge is 0.470 e. The molecule has 1 aliphatic rings. The van der Waals surface area contributed by atoms with Crippen LogP contribution in [0.1, 0.15) is 33.0 Å². The molecule has 8 nitrogen and oxygen atoms in total. The number of fused-ring (bicyclic) bond motifs is 1. The fraction of sp³-hybridized carbons (Fsp3) is 0.429. The standard InChI is InChI=1S/C21H23F2N5O3S/c1-21(2,3)31-20(29)27-10-12(11-27)30-16-9-15(25-19(26-16)32-4)28-14-8-6-5-7-13(14)24-18(28)17(22)23/h5-9,12,17H,10-11H2,1-4H3. The predicted molar refractivity (Wildman–Crippen MR) is 116 cm³/mol. The summed E-state index contributed by atoms with van der Waals surface area (Å²) in [5.41, 5.74) is 0.384. The number of rotatable bonds is 5. The van der Waals surface area contributed by atoms with E-state index in [0.717, 1.165) is 0 Å². The summed E-state index contributed by atoms with van der Waals surface area (Å²) in [6.45, 7) is 6.10. The molecule has 2 aromatic heterocycles. The molecule has 0 bridgehead atoms. The second-order valence-electron chi connectivity index (χ2n) is 8.27. The molecule has 0 radical (unpaired) electrons. The van der Waals surface area contributed by atoms with Gasteiger partial charge in [-0.3, -0.25) is 4.57 Å². The number of alkyl halides is 2. The third kappa shape index (κ3) is 4.62. The molecular weight excluding hydrogens is 440 g/mol. The first kappa shape index (κ1) is 22.3. The minimum atomic E-state index is -2.78. The number of hydrogen-bond donors (Lipinski definition) is 0. The molecule has 11 heteroatoms. The van der Waals surface area contributed by atoms with Crippen molar-refractivity contribution >= 4 is 28.9 Å². The Bertz CT molecular complexity index is 1140. The summed E-state index contributed by atoms with van der Waals surface area (Å²) in [5.74, 6) is 0.0838. The van der Waals surface area contributed by atoms with E-state index in [0.29, 0.717) is 29.3 Å². The Balaban J connectivity index is 1.59. The van der Waals surface area contributed by atoms with Gasteiger partial charge in [0, 0.05) is 6.07 Å². The van der Waals surface area contributed by atoms with Crippen LogP contribution in [0.4, 0.5) is 13.6 Å². The molecule has 3 heterocycles. The van der Waals surface area contributed by atoms with Crippen molar-refractivity contribution < 1.29 is 23.0 Å². The number of imidazole rings is 1. The highest BCUT2D eigenvalue weighted by Gasteiger charge is 2.35. The van der Waals surface area contributed by atoms with Crippen LogP contribution in [-0.4, -0.2) is 61.6 Å². The van der Waals surface area contributed by atoms with Crippen LogP contribution in [0.3, 0.4) is 0 Å². The number of halogens is 2. The first-order valence-corrected chi connectivity index (χ1v) is 11.2. The monoisotopic (exact) mass is 463 g/mol.